The Morgan fingerprint density at radius 3 is 2.85 bits per heavy atom. The molecule has 0 saturated heterocycles. The molecule has 1 rings (SSSR count). The van der Waals surface area contributed by atoms with Gasteiger partial charge >= 0.3 is 85.1 Å². The van der Waals surface area contributed by atoms with Crippen LogP contribution >= 0.6 is 9.95 Å². The van der Waals surface area contributed by atoms with Gasteiger partial charge in [0.2, 0.25) is 0 Å². The topological polar surface area (TPSA) is 43.1 Å². The number of benzene rings is 1. The number of rotatable bonds is 3. The van der Waals surface area contributed by atoms with Crippen LogP contribution in [0.1, 0.15) is 6.92 Å². The van der Waals surface area contributed by atoms with Crippen LogP contribution < -0.4 is 4.35 Å². The molecule has 0 saturated carbocycles. The van der Waals surface area contributed by atoms with Gasteiger partial charge in [0.25, 0.3) is 0 Å². The predicted octanol–water partition coefficient (Wildman–Crippen LogP) is 2.05. The average molecular weight is 262 g/mol. The van der Waals surface area contributed by atoms with Crippen molar-refractivity contribution >= 4 is 33.7 Å². The van der Waals surface area contributed by atoms with E-state index in [0.717, 1.165) is 9.56 Å². The molecule has 1 aromatic rings. The fourth-order valence-electron chi connectivity index (χ4n) is 0.940. The molecule has 0 fully saturated rings. The van der Waals surface area contributed by atoms with Crippen LogP contribution in [0.3, 0.4) is 0 Å². The van der Waals surface area contributed by atoms with E-state index in [1.807, 2.05) is 13.0 Å². The summed E-state index contributed by atoms with van der Waals surface area (Å²) in [4.78, 5) is 10.1. The van der Waals surface area contributed by atoms with Crippen LogP contribution in [-0.2, 0) is 0 Å². The summed E-state index contributed by atoms with van der Waals surface area (Å²) in [6, 6.07) is 6.62. The summed E-state index contributed by atoms with van der Waals surface area (Å²) in [5.74, 6) is 0. The molecule has 0 aromatic heterocycles. The molecule has 0 amide bonds. The maximum atomic E-state index is 10.4. The van der Waals surface area contributed by atoms with Crippen molar-refractivity contribution < 1.29 is 4.92 Å². The summed E-state index contributed by atoms with van der Waals surface area (Å²) in [6.07, 6.45) is 0. The van der Waals surface area contributed by atoms with Crippen LogP contribution in [0.4, 0.5) is 5.69 Å². The normalized spacial score (nSPS) is 12.5. The van der Waals surface area contributed by atoms with Crippen molar-refractivity contribution in [2.24, 2.45) is 0 Å². The molecule has 0 N–H and O–H groups in total. The minimum atomic E-state index is -1.51. The van der Waals surface area contributed by atoms with E-state index in [0.29, 0.717) is 0 Å². The van der Waals surface area contributed by atoms with E-state index in [1.165, 1.54) is 6.07 Å². The van der Waals surface area contributed by atoms with E-state index >= 15 is 0 Å². The number of non-ortho nitro benzene ring substituents is 1. The minimum absolute atomic E-state index is 0.131. The van der Waals surface area contributed by atoms with Gasteiger partial charge in [-0.1, -0.05) is 0 Å². The fourth-order valence-corrected chi connectivity index (χ4v) is 3.34. The summed E-state index contributed by atoms with van der Waals surface area (Å²) in [7, 11) is 6.09. The van der Waals surface area contributed by atoms with Crippen molar-refractivity contribution in [3.63, 3.8) is 0 Å². The molecule has 0 bridgehead atoms. The van der Waals surface area contributed by atoms with Crippen LogP contribution in [0.25, 0.3) is 0 Å². The van der Waals surface area contributed by atoms with Crippen LogP contribution in [0.5, 0.6) is 0 Å². The Hall–Kier alpha value is -0.532. The van der Waals surface area contributed by atoms with Gasteiger partial charge in [-0.3, -0.25) is 0 Å². The molecule has 0 radical (unpaired) electrons. The first-order chi connectivity index (χ1) is 6.15. The summed E-state index contributed by atoms with van der Waals surface area (Å²) in [6.45, 7) is 2.01. The zero-order valence-electron chi connectivity index (χ0n) is 7.11. The predicted molar refractivity (Wildman–Crippen MR) is 54.8 cm³/mol. The van der Waals surface area contributed by atoms with Gasteiger partial charge in [-0.2, -0.15) is 0 Å². The molecule has 3 nitrogen and oxygen atoms in total. The molecule has 1 aromatic carbocycles. The third-order valence-corrected chi connectivity index (χ3v) is 6.78. The average Bonchev–Trinajstić information content (AvgIpc) is 2.17. The van der Waals surface area contributed by atoms with Crippen LogP contribution in [-0.4, -0.2) is 18.6 Å². The third kappa shape index (κ3) is 2.71. The second-order valence-corrected chi connectivity index (χ2v) is 8.51. The summed E-state index contributed by atoms with van der Waals surface area (Å²) in [5, 5.41) is 11.4. The molecule has 0 heterocycles. The van der Waals surface area contributed by atoms with Crippen molar-refractivity contribution in [2.75, 3.05) is 0 Å². The van der Waals surface area contributed by atoms with Crippen LogP contribution in [0.15, 0.2) is 24.3 Å². The molecule has 5 heteroatoms. The first kappa shape index (κ1) is 10.5. The number of nitrogens with zero attached hydrogens (tertiary/aromatic N) is 1. The van der Waals surface area contributed by atoms with Crippen molar-refractivity contribution in [1.29, 1.82) is 0 Å². The van der Waals surface area contributed by atoms with Gasteiger partial charge in [-0.15, -0.1) is 0 Å². The number of nitro benzene ring substituents is 1. The second kappa shape index (κ2) is 4.63. The van der Waals surface area contributed by atoms with Crippen molar-refractivity contribution in [1.82, 2.24) is 0 Å². The summed E-state index contributed by atoms with van der Waals surface area (Å²) in [5.41, 5.74) is 0.131. The van der Waals surface area contributed by atoms with Gasteiger partial charge < -0.3 is 0 Å². The Kier molecular flexibility index (Phi) is 3.76. The van der Waals surface area contributed by atoms with Crippen molar-refractivity contribution in [3.05, 3.63) is 34.4 Å². The standard InChI is InChI=1S/C8H9AsClNO2/c1-2-9(10)7-4-3-5-8(6-7)11(12)13/h3-6H,2H2,1H3. The van der Waals surface area contributed by atoms with Crippen molar-refractivity contribution in [3.8, 4) is 0 Å². The van der Waals surface area contributed by atoms with E-state index < -0.39 is 18.6 Å². The van der Waals surface area contributed by atoms with E-state index in [1.54, 1.807) is 12.1 Å². The number of hydrogen-bond donors (Lipinski definition) is 0. The van der Waals surface area contributed by atoms with Gasteiger partial charge in [-0.25, -0.2) is 0 Å². The quantitative estimate of drug-likeness (QED) is 0.475. The van der Waals surface area contributed by atoms with Gasteiger partial charge in [0.1, 0.15) is 0 Å². The molecule has 0 aliphatic carbocycles. The number of halogens is 1. The Bertz CT molecular complexity index is 319. The molecule has 1 atom stereocenters. The Morgan fingerprint density at radius 2 is 2.31 bits per heavy atom. The molecule has 13 heavy (non-hydrogen) atoms. The molecule has 0 spiro atoms. The van der Waals surface area contributed by atoms with E-state index in [9.17, 15) is 10.1 Å². The molecule has 0 aliphatic heterocycles. The fraction of sp³-hybridized carbons (Fsp3) is 0.250. The molecule has 0 aliphatic rings. The number of hydrogen-bond acceptors (Lipinski definition) is 2. The first-order valence-electron chi connectivity index (χ1n) is 3.83. The van der Waals surface area contributed by atoms with E-state index in [-0.39, 0.29) is 5.69 Å². The third-order valence-electron chi connectivity index (χ3n) is 1.60. The molecular formula is C8H9AsClNO2. The van der Waals surface area contributed by atoms with Crippen LogP contribution in [0, 0.1) is 10.1 Å². The Balaban J connectivity index is 2.98. The molecule has 1 unspecified atom stereocenters. The van der Waals surface area contributed by atoms with Crippen molar-refractivity contribution in [2.45, 2.75) is 12.1 Å². The zero-order valence-corrected chi connectivity index (χ0v) is 9.74. The first-order valence-corrected chi connectivity index (χ1v) is 8.56. The van der Waals surface area contributed by atoms with Gasteiger partial charge in [0, 0.05) is 0 Å². The van der Waals surface area contributed by atoms with Gasteiger partial charge in [-0.05, 0) is 0 Å². The monoisotopic (exact) mass is 261 g/mol. The number of nitro groups is 1. The maximum absolute atomic E-state index is 10.4. The van der Waals surface area contributed by atoms with Gasteiger partial charge in [0.15, 0.2) is 0 Å². The molecular weight excluding hydrogens is 252 g/mol. The summed E-state index contributed by atoms with van der Waals surface area (Å²) < 4.78 is 0.950. The SMILES string of the molecule is CC[As](Cl)c1cccc([N+](=O)[O-])c1. The van der Waals surface area contributed by atoms with E-state index in [2.05, 4.69) is 0 Å². The molecule has 70 valence electrons. The Labute approximate surface area is 85.3 Å². The second-order valence-electron chi connectivity index (χ2n) is 2.46. The summed E-state index contributed by atoms with van der Waals surface area (Å²) >= 11 is -1.51. The van der Waals surface area contributed by atoms with Gasteiger partial charge in [0.05, 0.1) is 0 Å². The Morgan fingerprint density at radius 1 is 1.62 bits per heavy atom. The van der Waals surface area contributed by atoms with Crippen LogP contribution in [0.2, 0.25) is 5.21 Å². The van der Waals surface area contributed by atoms with E-state index in [4.69, 9.17) is 9.95 Å². The zero-order chi connectivity index (χ0) is 9.84.